The van der Waals surface area contributed by atoms with Gasteiger partial charge in [-0.2, -0.15) is 24.9 Å². The van der Waals surface area contributed by atoms with Crippen molar-refractivity contribution >= 4 is 52.3 Å². The minimum Gasteiger partial charge on any atom is -0.378 e. The highest BCUT2D eigenvalue weighted by Crippen LogP contribution is 2.37. The zero-order valence-electron chi connectivity index (χ0n) is 26.4. The largest absolute Gasteiger partial charge is 0.416 e. The lowest BCUT2D eigenvalue weighted by atomic mass is 9.87. The van der Waals surface area contributed by atoms with Crippen LogP contribution in [-0.2, 0) is 27.0 Å². The molecule has 13 heteroatoms. The van der Waals surface area contributed by atoms with Crippen LogP contribution in [0.25, 0.3) is 0 Å². The van der Waals surface area contributed by atoms with Gasteiger partial charge in [0.2, 0.25) is 11.8 Å². The van der Waals surface area contributed by atoms with Crippen molar-refractivity contribution in [1.82, 2.24) is 15.1 Å². The van der Waals surface area contributed by atoms with Gasteiger partial charge in [0.25, 0.3) is 0 Å². The van der Waals surface area contributed by atoms with Crippen LogP contribution in [0.1, 0.15) is 35.6 Å². The van der Waals surface area contributed by atoms with E-state index in [1.165, 1.54) is 12.1 Å². The predicted octanol–water partition coefficient (Wildman–Crippen LogP) is 5.71. The van der Waals surface area contributed by atoms with Gasteiger partial charge in [0.15, 0.2) is 5.11 Å². The Morgan fingerprint density at radius 1 is 0.979 bits per heavy atom. The van der Waals surface area contributed by atoms with Crippen molar-refractivity contribution < 1.29 is 27.5 Å². The number of hydrogen-bond donors (Lipinski definition) is 2. The van der Waals surface area contributed by atoms with Crippen LogP contribution in [0.3, 0.4) is 0 Å². The van der Waals surface area contributed by atoms with Gasteiger partial charge in [0.1, 0.15) is 5.54 Å². The molecule has 0 unspecified atom stereocenters. The normalized spacial score (nSPS) is 19.5. The molecular formula is C35H38F3N5O3S2. The van der Waals surface area contributed by atoms with Gasteiger partial charge in [0, 0.05) is 37.6 Å². The lowest BCUT2D eigenvalue weighted by molar-refractivity contribution is -0.147. The molecule has 0 bridgehead atoms. The molecule has 3 heterocycles. The Bertz CT molecular complexity index is 1580. The average Bonchev–Trinajstić information content (AvgIpc) is 3.47. The molecule has 3 aromatic carbocycles. The maximum Gasteiger partial charge on any atom is 0.416 e. The first-order chi connectivity index (χ1) is 23.1. The van der Waals surface area contributed by atoms with E-state index in [9.17, 15) is 22.8 Å². The third-order valence-corrected chi connectivity index (χ3v) is 10.6. The van der Waals surface area contributed by atoms with Crippen molar-refractivity contribution in [3.63, 3.8) is 0 Å². The number of hydrogen-bond acceptors (Lipinski definition) is 6. The lowest BCUT2D eigenvalue weighted by Gasteiger charge is -2.45. The summed E-state index contributed by atoms with van der Waals surface area (Å²) in [7, 11) is 0. The summed E-state index contributed by atoms with van der Waals surface area (Å²) >= 11 is 7.34. The molecule has 48 heavy (non-hydrogen) atoms. The summed E-state index contributed by atoms with van der Waals surface area (Å²) in [6, 6.07) is 22.1. The number of amides is 2. The molecule has 2 N–H and O–H groups in total. The summed E-state index contributed by atoms with van der Waals surface area (Å²) in [6.07, 6.45) is -3.69. The average molecular weight is 698 g/mol. The van der Waals surface area contributed by atoms with Crippen LogP contribution in [0.4, 0.5) is 24.5 Å². The first kappa shape index (κ1) is 34.1. The topological polar surface area (TPSA) is 77.2 Å². The zero-order chi connectivity index (χ0) is 33.7. The highest BCUT2D eigenvalue weighted by molar-refractivity contribution is 7.99. The Morgan fingerprint density at radius 2 is 1.65 bits per heavy atom. The van der Waals surface area contributed by atoms with Crippen molar-refractivity contribution in [3.8, 4) is 0 Å². The first-order valence-corrected chi connectivity index (χ1v) is 17.6. The molecule has 1 atom stereocenters. The van der Waals surface area contributed by atoms with Crippen molar-refractivity contribution in [2.45, 2.75) is 37.1 Å². The predicted molar refractivity (Wildman–Crippen MR) is 186 cm³/mol. The van der Waals surface area contributed by atoms with Gasteiger partial charge >= 0.3 is 6.18 Å². The van der Waals surface area contributed by atoms with Gasteiger partial charge in [-0.1, -0.05) is 42.5 Å². The first-order valence-electron chi connectivity index (χ1n) is 16.0. The minimum absolute atomic E-state index is 0.0266. The molecule has 3 aliphatic heterocycles. The molecule has 3 fully saturated rings. The Morgan fingerprint density at radius 3 is 2.29 bits per heavy atom. The number of rotatable bonds is 9. The van der Waals surface area contributed by atoms with E-state index >= 15 is 0 Å². The number of nitrogens with zero attached hydrogens (tertiary/aromatic N) is 3. The van der Waals surface area contributed by atoms with Gasteiger partial charge in [-0.15, -0.1) is 0 Å². The molecule has 3 aliphatic rings. The van der Waals surface area contributed by atoms with Crippen molar-refractivity contribution in [1.29, 1.82) is 0 Å². The summed E-state index contributed by atoms with van der Waals surface area (Å²) in [6.45, 7) is 3.26. The molecule has 0 radical (unpaired) electrons. The minimum atomic E-state index is -4.49. The second-order valence-electron chi connectivity index (χ2n) is 12.2. The molecule has 254 valence electrons. The highest BCUT2D eigenvalue weighted by atomic mass is 32.2. The Balaban J connectivity index is 1.27. The van der Waals surface area contributed by atoms with E-state index in [1.807, 2.05) is 54.6 Å². The van der Waals surface area contributed by atoms with E-state index in [4.69, 9.17) is 17.0 Å². The molecule has 0 spiro atoms. The number of morpholine rings is 1. The van der Waals surface area contributed by atoms with Crippen molar-refractivity contribution in [2.75, 3.05) is 61.1 Å². The number of thioether (sulfide) groups is 1. The standard InChI is InChI=1S/C35H38F3N5O3S2/c36-35(37,38)27-8-6-25(7-9-27)22-43(31(44)24-42-23-30(40-33(42)47)26-4-2-1-3-5-26)34(14-20-48-21-15-34)32(45)39-28-10-12-29(13-11-28)41-16-18-46-19-17-41/h1-13,30H,14-24H2,(H,39,45)(H,40,47)/t30-/m1/s1. The van der Waals surface area contributed by atoms with E-state index in [2.05, 4.69) is 15.5 Å². The van der Waals surface area contributed by atoms with Crippen molar-refractivity contribution in [3.05, 3.63) is 95.6 Å². The van der Waals surface area contributed by atoms with Crippen LogP contribution in [0, 0.1) is 0 Å². The molecule has 3 saturated heterocycles. The van der Waals surface area contributed by atoms with E-state index in [1.54, 1.807) is 21.6 Å². The third kappa shape index (κ3) is 7.74. The fourth-order valence-corrected chi connectivity index (χ4v) is 7.91. The van der Waals surface area contributed by atoms with E-state index in [0.717, 1.165) is 36.5 Å². The summed E-state index contributed by atoms with van der Waals surface area (Å²) in [5.74, 6) is 0.670. The highest BCUT2D eigenvalue weighted by Gasteiger charge is 2.48. The van der Waals surface area contributed by atoms with Gasteiger partial charge in [-0.05, 0) is 84.1 Å². The molecule has 0 aromatic heterocycles. The van der Waals surface area contributed by atoms with Crippen molar-refractivity contribution in [2.24, 2.45) is 0 Å². The molecule has 6 rings (SSSR count). The SMILES string of the molecule is O=C(CN1C[C@H](c2ccccc2)NC1=S)N(Cc1ccc(C(F)(F)F)cc1)C1(C(=O)Nc2ccc(N3CCOCC3)cc2)CCSCC1. The molecule has 0 aliphatic carbocycles. The second-order valence-corrected chi connectivity index (χ2v) is 13.8. The van der Waals surface area contributed by atoms with E-state index in [-0.39, 0.29) is 30.9 Å². The zero-order valence-corrected chi connectivity index (χ0v) is 28.0. The number of alkyl halides is 3. The quantitative estimate of drug-likeness (QED) is 0.276. The second kappa shape index (κ2) is 14.8. The number of nitrogens with one attached hydrogen (secondary N) is 2. The number of benzene rings is 3. The molecular weight excluding hydrogens is 660 g/mol. The van der Waals surface area contributed by atoms with Gasteiger partial charge in [-0.25, -0.2) is 0 Å². The van der Waals surface area contributed by atoms with E-state index < -0.39 is 17.3 Å². The fourth-order valence-electron chi connectivity index (χ4n) is 6.46. The molecule has 2 amide bonds. The summed E-state index contributed by atoms with van der Waals surface area (Å²) in [5.41, 5.74) is 1.18. The summed E-state index contributed by atoms with van der Waals surface area (Å²) in [5, 5.41) is 6.81. The Hall–Kier alpha value is -3.81. The van der Waals surface area contributed by atoms with Crippen LogP contribution < -0.4 is 15.5 Å². The van der Waals surface area contributed by atoms with Crippen LogP contribution in [0.5, 0.6) is 0 Å². The van der Waals surface area contributed by atoms with Crippen LogP contribution >= 0.6 is 24.0 Å². The Kier molecular flexibility index (Phi) is 10.5. The number of halogens is 3. The summed E-state index contributed by atoms with van der Waals surface area (Å²) < 4.78 is 45.6. The summed E-state index contributed by atoms with van der Waals surface area (Å²) in [4.78, 5) is 34.4. The van der Waals surface area contributed by atoms with Crippen LogP contribution in [0.15, 0.2) is 78.9 Å². The van der Waals surface area contributed by atoms with Gasteiger partial charge in [0.05, 0.1) is 31.4 Å². The van der Waals surface area contributed by atoms with Gasteiger partial charge in [-0.3, -0.25) is 9.59 Å². The number of carbonyl (C=O) groups is 2. The number of thiocarbonyl (C=S) groups is 1. The maximum absolute atomic E-state index is 14.4. The monoisotopic (exact) mass is 697 g/mol. The fraction of sp³-hybridized carbons (Fsp3) is 0.400. The lowest BCUT2D eigenvalue weighted by Crippen LogP contribution is -2.61. The van der Waals surface area contributed by atoms with Crippen LogP contribution in [0.2, 0.25) is 0 Å². The Labute approximate surface area is 288 Å². The molecule has 3 aromatic rings. The van der Waals surface area contributed by atoms with E-state index in [0.29, 0.717) is 60.5 Å². The third-order valence-electron chi connectivity index (χ3n) is 9.20. The van der Waals surface area contributed by atoms with Gasteiger partial charge < -0.3 is 30.1 Å². The number of ether oxygens (including phenoxy) is 1. The maximum atomic E-state index is 14.4. The molecule has 8 nitrogen and oxygen atoms in total. The smallest absolute Gasteiger partial charge is 0.378 e. The molecule has 0 saturated carbocycles. The van der Waals surface area contributed by atoms with Crippen LogP contribution in [-0.4, -0.2) is 83.2 Å². The number of anilines is 2. The number of carbonyl (C=O) groups excluding carboxylic acids is 2.